The van der Waals surface area contributed by atoms with Gasteiger partial charge in [-0.1, -0.05) is 41.9 Å². The third kappa shape index (κ3) is 2.86. The summed E-state index contributed by atoms with van der Waals surface area (Å²) in [7, 11) is 0. The minimum Gasteiger partial charge on any atom is -0.493 e. The summed E-state index contributed by atoms with van der Waals surface area (Å²) in [5, 5.41) is 0.678. The third-order valence-corrected chi connectivity index (χ3v) is 3.68. The maximum absolute atomic E-state index is 12.2. The molecule has 2 aromatic rings. The van der Waals surface area contributed by atoms with E-state index >= 15 is 0 Å². The van der Waals surface area contributed by atoms with Crippen molar-refractivity contribution in [3.05, 3.63) is 64.2 Å². The van der Waals surface area contributed by atoms with Crippen LogP contribution >= 0.6 is 11.6 Å². The average Bonchev–Trinajstić information content (AvgIpc) is 2.88. The number of hydrogen-bond acceptors (Lipinski definition) is 2. The summed E-state index contributed by atoms with van der Waals surface area (Å²) in [6.07, 6.45) is 1.69. The molecule has 0 amide bonds. The molecule has 3 heteroatoms. The first-order chi connectivity index (χ1) is 9.72. The minimum absolute atomic E-state index is 0.177. The summed E-state index contributed by atoms with van der Waals surface area (Å²) in [6.45, 7) is 0.676. The highest BCUT2D eigenvalue weighted by Crippen LogP contribution is 2.33. The van der Waals surface area contributed by atoms with Gasteiger partial charge in [-0.25, -0.2) is 0 Å². The second-order valence-corrected chi connectivity index (χ2v) is 5.47. The SMILES string of the molecule is O=C(Cc1ccccc1)Cc1cc(Cl)cc2c1OCC2. The number of Topliss-reactive ketones (excluding diaryl/α,β-unsaturated/α-hetero) is 1. The highest BCUT2D eigenvalue weighted by molar-refractivity contribution is 6.30. The Hall–Kier alpha value is -1.80. The first kappa shape index (κ1) is 13.2. The van der Waals surface area contributed by atoms with E-state index in [0.717, 1.165) is 28.9 Å². The number of hydrogen-bond donors (Lipinski definition) is 0. The maximum atomic E-state index is 12.2. The van der Waals surface area contributed by atoms with Crippen molar-refractivity contribution in [2.24, 2.45) is 0 Å². The molecule has 0 N–H and O–H groups in total. The molecule has 3 rings (SSSR count). The molecular formula is C17H15ClO2. The number of carbonyl (C=O) groups excluding carboxylic acids is 1. The quantitative estimate of drug-likeness (QED) is 0.858. The Morgan fingerprint density at radius 2 is 1.95 bits per heavy atom. The molecule has 20 heavy (non-hydrogen) atoms. The molecule has 0 fully saturated rings. The molecular weight excluding hydrogens is 272 g/mol. The van der Waals surface area contributed by atoms with Crippen molar-refractivity contribution in [1.29, 1.82) is 0 Å². The normalized spacial score (nSPS) is 12.8. The highest BCUT2D eigenvalue weighted by Gasteiger charge is 2.19. The van der Waals surface area contributed by atoms with Crippen LogP contribution in [-0.4, -0.2) is 12.4 Å². The summed E-state index contributed by atoms with van der Waals surface area (Å²) in [4.78, 5) is 12.2. The lowest BCUT2D eigenvalue weighted by atomic mass is 10.00. The Balaban J connectivity index is 1.77. The van der Waals surface area contributed by atoms with Crippen molar-refractivity contribution in [3.63, 3.8) is 0 Å². The monoisotopic (exact) mass is 286 g/mol. The van der Waals surface area contributed by atoms with Gasteiger partial charge in [0.1, 0.15) is 11.5 Å². The molecule has 0 spiro atoms. The maximum Gasteiger partial charge on any atom is 0.141 e. The zero-order valence-electron chi connectivity index (χ0n) is 11.1. The molecule has 1 aliphatic rings. The van der Waals surface area contributed by atoms with E-state index in [1.54, 1.807) is 0 Å². The fraction of sp³-hybridized carbons (Fsp3) is 0.235. The lowest BCUT2D eigenvalue weighted by Crippen LogP contribution is -2.07. The van der Waals surface area contributed by atoms with Gasteiger partial charge in [-0.15, -0.1) is 0 Å². The number of ketones is 1. The molecule has 2 nitrogen and oxygen atoms in total. The van der Waals surface area contributed by atoms with Gasteiger partial charge in [-0.2, -0.15) is 0 Å². The van der Waals surface area contributed by atoms with Crippen LogP contribution in [-0.2, 0) is 24.1 Å². The predicted molar refractivity (Wildman–Crippen MR) is 79.5 cm³/mol. The van der Waals surface area contributed by atoms with E-state index in [4.69, 9.17) is 16.3 Å². The lowest BCUT2D eigenvalue weighted by molar-refractivity contribution is -0.117. The van der Waals surface area contributed by atoms with Crippen LogP contribution in [0.2, 0.25) is 5.02 Å². The zero-order chi connectivity index (χ0) is 13.9. The van der Waals surface area contributed by atoms with E-state index in [1.807, 2.05) is 42.5 Å². The molecule has 0 unspecified atom stereocenters. The Morgan fingerprint density at radius 3 is 2.75 bits per heavy atom. The molecule has 0 aromatic heterocycles. The number of carbonyl (C=O) groups is 1. The largest absolute Gasteiger partial charge is 0.493 e. The Morgan fingerprint density at radius 1 is 1.15 bits per heavy atom. The topological polar surface area (TPSA) is 26.3 Å². The molecule has 0 radical (unpaired) electrons. The summed E-state index contributed by atoms with van der Waals surface area (Å²) < 4.78 is 5.62. The van der Waals surface area contributed by atoms with Gasteiger partial charge < -0.3 is 4.74 Å². The van der Waals surface area contributed by atoms with Gasteiger partial charge in [0.05, 0.1) is 6.61 Å². The molecule has 1 heterocycles. The minimum atomic E-state index is 0.177. The van der Waals surface area contributed by atoms with Crippen LogP contribution in [0.4, 0.5) is 0 Å². The van der Waals surface area contributed by atoms with Crippen molar-refractivity contribution >= 4 is 17.4 Å². The summed E-state index contributed by atoms with van der Waals surface area (Å²) in [6, 6.07) is 13.6. The fourth-order valence-electron chi connectivity index (χ4n) is 2.58. The fourth-order valence-corrected chi connectivity index (χ4v) is 2.84. The molecule has 0 bridgehead atoms. The van der Waals surface area contributed by atoms with Crippen molar-refractivity contribution in [1.82, 2.24) is 0 Å². The molecule has 1 aliphatic heterocycles. The van der Waals surface area contributed by atoms with Crippen molar-refractivity contribution < 1.29 is 9.53 Å². The van der Waals surface area contributed by atoms with Gasteiger partial charge in [0, 0.05) is 29.8 Å². The van der Waals surface area contributed by atoms with Crippen LogP contribution in [0, 0.1) is 0 Å². The van der Waals surface area contributed by atoms with E-state index in [0.29, 0.717) is 24.5 Å². The number of benzene rings is 2. The van der Waals surface area contributed by atoms with Crippen molar-refractivity contribution in [3.8, 4) is 5.75 Å². The van der Waals surface area contributed by atoms with Gasteiger partial charge in [0.25, 0.3) is 0 Å². The first-order valence-electron chi connectivity index (χ1n) is 6.72. The van der Waals surface area contributed by atoms with Gasteiger partial charge in [-0.05, 0) is 23.3 Å². The van der Waals surface area contributed by atoms with E-state index in [2.05, 4.69) is 0 Å². The van der Waals surface area contributed by atoms with E-state index in [1.165, 1.54) is 0 Å². The molecule has 0 saturated carbocycles. The zero-order valence-corrected chi connectivity index (χ0v) is 11.8. The van der Waals surface area contributed by atoms with Crippen LogP contribution in [0.5, 0.6) is 5.75 Å². The number of rotatable bonds is 4. The van der Waals surface area contributed by atoms with Gasteiger partial charge in [0.15, 0.2) is 0 Å². The van der Waals surface area contributed by atoms with Crippen molar-refractivity contribution in [2.75, 3.05) is 6.61 Å². The average molecular weight is 287 g/mol. The van der Waals surface area contributed by atoms with Crippen LogP contribution in [0.25, 0.3) is 0 Å². The van der Waals surface area contributed by atoms with Crippen LogP contribution in [0.15, 0.2) is 42.5 Å². The number of fused-ring (bicyclic) bond motifs is 1. The number of halogens is 1. The van der Waals surface area contributed by atoms with Crippen LogP contribution < -0.4 is 4.74 Å². The Labute approximate surface area is 123 Å². The van der Waals surface area contributed by atoms with Crippen LogP contribution in [0.3, 0.4) is 0 Å². The van der Waals surface area contributed by atoms with Gasteiger partial charge in [-0.3, -0.25) is 4.79 Å². The summed E-state index contributed by atoms with van der Waals surface area (Å²) in [5.41, 5.74) is 3.06. The van der Waals surface area contributed by atoms with Gasteiger partial charge >= 0.3 is 0 Å². The third-order valence-electron chi connectivity index (χ3n) is 3.46. The van der Waals surface area contributed by atoms with E-state index in [9.17, 15) is 4.79 Å². The smallest absolute Gasteiger partial charge is 0.141 e. The predicted octanol–water partition coefficient (Wildman–Crippen LogP) is 3.63. The number of ether oxygens (including phenoxy) is 1. The lowest BCUT2D eigenvalue weighted by Gasteiger charge is -2.08. The molecule has 2 aromatic carbocycles. The van der Waals surface area contributed by atoms with E-state index in [-0.39, 0.29) is 5.78 Å². The van der Waals surface area contributed by atoms with Crippen LogP contribution in [0.1, 0.15) is 16.7 Å². The molecule has 0 atom stereocenters. The molecule has 0 aliphatic carbocycles. The molecule has 102 valence electrons. The Bertz CT molecular complexity index is 635. The summed E-state index contributed by atoms with van der Waals surface area (Å²) >= 11 is 6.11. The first-order valence-corrected chi connectivity index (χ1v) is 7.10. The second-order valence-electron chi connectivity index (χ2n) is 5.03. The highest BCUT2D eigenvalue weighted by atomic mass is 35.5. The van der Waals surface area contributed by atoms with Gasteiger partial charge in [0.2, 0.25) is 0 Å². The standard InChI is InChI=1S/C17H15ClO2/c18-15-9-13-6-7-20-17(13)14(10-15)11-16(19)8-12-4-2-1-3-5-12/h1-5,9-10H,6-8,11H2. The summed E-state index contributed by atoms with van der Waals surface area (Å²) in [5.74, 6) is 1.03. The van der Waals surface area contributed by atoms with Crippen molar-refractivity contribution in [2.45, 2.75) is 19.3 Å². The molecule has 0 saturated heterocycles. The van der Waals surface area contributed by atoms with E-state index < -0.39 is 0 Å². The second kappa shape index (κ2) is 5.68. The Kier molecular flexibility index (Phi) is 3.75.